The van der Waals surface area contributed by atoms with Gasteiger partial charge in [0, 0.05) is 27.7 Å². The molecule has 0 aliphatic rings. The lowest BCUT2D eigenvalue weighted by atomic mass is 9.90. The monoisotopic (exact) mass is 965 g/mol. The Balaban J connectivity index is 0.862. The van der Waals surface area contributed by atoms with Crippen molar-refractivity contribution in [2.75, 3.05) is 4.90 Å². The average Bonchev–Trinajstić information content (AvgIpc) is 3.97. The van der Waals surface area contributed by atoms with Gasteiger partial charge in [-0.05, 0) is 152 Å². The molecule has 0 unspecified atom stereocenters. The predicted molar refractivity (Wildman–Crippen MR) is 323 cm³/mol. The number of hydrogen-bond donors (Lipinski definition) is 0. The lowest BCUT2D eigenvalue weighted by Crippen LogP contribution is -2.10. The summed E-state index contributed by atoms with van der Waals surface area (Å²) in [6.07, 6.45) is 0. The summed E-state index contributed by atoms with van der Waals surface area (Å²) in [6.45, 7) is 0. The number of benzene rings is 14. The van der Waals surface area contributed by atoms with Crippen molar-refractivity contribution in [1.29, 1.82) is 0 Å². The quantitative estimate of drug-likeness (QED) is 0.151. The summed E-state index contributed by atoms with van der Waals surface area (Å²) in [6, 6.07) is 104. The Hall–Kier alpha value is -10.0. The van der Waals surface area contributed by atoms with Gasteiger partial charge in [0.15, 0.2) is 5.58 Å². The molecule has 0 aliphatic heterocycles. The molecule has 14 aromatic carbocycles. The van der Waals surface area contributed by atoms with Gasteiger partial charge in [0.25, 0.3) is 0 Å². The standard InChI is InChI=1S/C74H47NO/c1-2-15-51(16-3-1)65-25-13-27-70-72-64-22-9-7-19-59(64)47-71(74(72)76-73(65)70)75(60-38-34-49(35-39-60)54-30-31-57-46-58(33-32-56(57)45-54)55-29-28-48-14-4-5-18-53(48)44-55)61-40-36-52(37-41-61)63-42-43-69(68-24-11-10-23-66(63)68)67-26-12-20-50-17-6-8-21-62(50)67/h1-47H. The van der Waals surface area contributed by atoms with E-state index in [1.807, 2.05) is 0 Å². The molecule has 354 valence electrons. The molecular formula is C74H47NO. The topological polar surface area (TPSA) is 16.4 Å². The molecule has 2 heteroatoms. The van der Waals surface area contributed by atoms with Crippen LogP contribution in [0.1, 0.15) is 0 Å². The second-order valence-corrected chi connectivity index (χ2v) is 20.0. The second-order valence-electron chi connectivity index (χ2n) is 20.0. The van der Waals surface area contributed by atoms with Crippen LogP contribution in [-0.2, 0) is 0 Å². The molecular weight excluding hydrogens is 919 g/mol. The van der Waals surface area contributed by atoms with E-state index in [1.54, 1.807) is 0 Å². The normalized spacial score (nSPS) is 11.7. The van der Waals surface area contributed by atoms with Crippen molar-refractivity contribution >= 4 is 92.9 Å². The summed E-state index contributed by atoms with van der Waals surface area (Å²) >= 11 is 0. The summed E-state index contributed by atoms with van der Waals surface area (Å²) in [5, 5.41) is 14.4. The van der Waals surface area contributed by atoms with Gasteiger partial charge in [0.1, 0.15) is 5.58 Å². The van der Waals surface area contributed by atoms with E-state index in [-0.39, 0.29) is 0 Å². The number of nitrogens with zero attached hydrogens (tertiary/aromatic N) is 1. The van der Waals surface area contributed by atoms with Gasteiger partial charge in [-0.2, -0.15) is 0 Å². The average molecular weight is 966 g/mol. The second kappa shape index (κ2) is 17.9. The molecule has 0 bridgehead atoms. The van der Waals surface area contributed by atoms with Crippen LogP contribution < -0.4 is 4.90 Å². The van der Waals surface area contributed by atoms with Gasteiger partial charge in [0.2, 0.25) is 0 Å². The number of fused-ring (bicyclic) bond motifs is 9. The highest BCUT2D eigenvalue weighted by atomic mass is 16.3. The number of hydrogen-bond acceptors (Lipinski definition) is 2. The van der Waals surface area contributed by atoms with Crippen molar-refractivity contribution in [1.82, 2.24) is 0 Å². The van der Waals surface area contributed by atoms with Crippen LogP contribution in [0.3, 0.4) is 0 Å². The smallest absolute Gasteiger partial charge is 0.160 e. The maximum absolute atomic E-state index is 7.26. The van der Waals surface area contributed by atoms with Gasteiger partial charge in [-0.15, -0.1) is 0 Å². The minimum Gasteiger partial charge on any atom is -0.453 e. The van der Waals surface area contributed by atoms with Gasteiger partial charge in [-0.25, -0.2) is 0 Å². The Bertz CT molecular complexity index is 4740. The van der Waals surface area contributed by atoms with Crippen molar-refractivity contribution in [3.8, 4) is 55.6 Å². The summed E-state index contributed by atoms with van der Waals surface area (Å²) in [5.41, 5.74) is 16.5. The van der Waals surface area contributed by atoms with Gasteiger partial charge in [-0.3, -0.25) is 0 Å². The molecule has 0 saturated heterocycles. The maximum atomic E-state index is 7.26. The molecule has 0 amide bonds. The maximum Gasteiger partial charge on any atom is 0.160 e. The third kappa shape index (κ3) is 7.34. The van der Waals surface area contributed by atoms with E-state index in [2.05, 4.69) is 290 Å². The van der Waals surface area contributed by atoms with E-state index >= 15 is 0 Å². The molecule has 0 saturated carbocycles. The lowest BCUT2D eigenvalue weighted by molar-refractivity contribution is 0.670. The minimum atomic E-state index is 0.845. The van der Waals surface area contributed by atoms with Gasteiger partial charge >= 0.3 is 0 Å². The zero-order chi connectivity index (χ0) is 50.1. The number of rotatable bonds is 8. The van der Waals surface area contributed by atoms with E-state index in [1.165, 1.54) is 76.5 Å². The first-order valence-corrected chi connectivity index (χ1v) is 26.1. The third-order valence-corrected chi connectivity index (χ3v) is 15.6. The van der Waals surface area contributed by atoms with Gasteiger partial charge in [-0.1, -0.05) is 237 Å². The van der Waals surface area contributed by atoms with E-state index in [0.717, 1.165) is 72.0 Å². The zero-order valence-corrected chi connectivity index (χ0v) is 41.5. The lowest BCUT2D eigenvalue weighted by Gasteiger charge is -2.26. The third-order valence-electron chi connectivity index (χ3n) is 15.6. The molecule has 0 aliphatic carbocycles. The Morgan fingerprint density at radius 3 is 1.38 bits per heavy atom. The Labute approximate surface area is 440 Å². The van der Waals surface area contributed by atoms with Crippen LogP contribution >= 0.6 is 0 Å². The highest BCUT2D eigenvalue weighted by molar-refractivity contribution is 6.24. The van der Waals surface area contributed by atoms with Crippen LogP contribution in [0.25, 0.3) is 131 Å². The Morgan fingerprint density at radius 2 is 0.671 bits per heavy atom. The van der Waals surface area contributed by atoms with Crippen molar-refractivity contribution in [3.05, 3.63) is 285 Å². The van der Waals surface area contributed by atoms with Gasteiger partial charge < -0.3 is 9.32 Å². The predicted octanol–water partition coefficient (Wildman–Crippen LogP) is 21.2. The highest BCUT2D eigenvalue weighted by Crippen LogP contribution is 2.48. The first kappa shape index (κ1) is 43.6. The summed E-state index contributed by atoms with van der Waals surface area (Å²) in [4.78, 5) is 2.38. The van der Waals surface area contributed by atoms with E-state index in [9.17, 15) is 0 Å². The minimum absolute atomic E-state index is 0.845. The van der Waals surface area contributed by atoms with E-state index in [4.69, 9.17) is 4.42 Å². The largest absolute Gasteiger partial charge is 0.453 e. The molecule has 2 nitrogen and oxygen atoms in total. The van der Waals surface area contributed by atoms with Crippen LogP contribution in [0, 0.1) is 0 Å². The Kier molecular flexibility index (Phi) is 10.2. The number of para-hydroxylation sites is 1. The molecule has 0 spiro atoms. The molecule has 0 N–H and O–H groups in total. The van der Waals surface area contributed by atoms with Crippen LogP contribution in [0.15, 0.2) is 290 Å². The van der Waals surface area contributed by atoms with Crippen molar-refractivity contribution < 1.29 is 4.42 Å². The summed E-state index contributed by atoms with van der Waals surface area (Å²) in [5.74, 6) is 0. The molecule has 1 aromatic heterocycles. The fourth-order valence-electron chi connectivity index (χ4n) is 11.9. The highest BCUT2D eigenvalue weighted by Gasteiger charge is 2.24. The molecule has 15 rings (SSSR count). The van der Waals surface area contributed by atoms with Crippen LogP contribution in [0.5, 0.6) is 0 Å². The molecule has 76 heavy (non-hydrogen) atoms. The SMILES string of the molecule is c1ccc(-c2cccc3c2oc2c(N(c4ccc(-c5ccc6cc(-c7ccc8ccccc8c7)ccc6c5)cc4)c4ccc(-c5ccc(-c6cccc7ccccc67)c6ccccc56)cc4)cc4ccccc4c23)cc1. The Morgan fingerprint density at radius 1 is 0.224 bits per heavy atom. The fourth-order valence-corrected chi connectivity index (χ4v) is 11.9. The molecule has 0 atom stereocenters. The van der Waals surface area contributed by atoms with E-state index < -0.39 is 0 Å². The molecule has 0 fully saturated rings. The molecule has 15 aromatic rings. The zero-order valence-electron chi connectivity index (χ0n) is 41.5. The van der Waals surface area contributed by atoms with Crippen molar-refractivity contribution in [3.63, 3.8) is 0 Å². The summed E-state index contributed by atoms with van der Waals surface area (Å²) < 4.78 is 7.26. The summed E-state index contributed by atoms with van der Waals surface area (Å²) in [7, 11) is 0. The van der Waals surface area contributed by atoms with Crippen LogP contribution in [0.4, 0.5) is 17.1 Å². The number of anilines is 3. The van der Waals surface area contributed by atoms with Gasteiger partial charge in [0.05, 0.1) is 5.69 Å². The molecule has 1 heterocycles. The van der Waals surface area contributed by atoms with E-state index in [0.29, 0.717) is 0 Å². The van der Waals surface area contributed by atoms with Crippen molar-refractivity contribution in [2.24, 2.45) is 0 Å². The first-order chi connectivity index (χ1) is 37.7. The first-order valence-electron chi connectivity index (χ1n) is 26.1. The fraction of sp³-hybridized carbons (Fsp3) is 0. The number of furan rings is 1. The van der Waals surface area contributed by atoms with Crippen molar-refractivity contribution in [2.45, 2.75) is 0 Å². The van der Waals surface area contributed by atoms with Crippen LogP contribution in [0.2, 0.25) is 0 Å². The van der Waals surface area contributed by atoms with Crippen LogP contribution in [-0.4, -0.2) is 0 Å². The molecule has 0 radical (unpaired) electrons.